The highest BCUT2D eigenvalue weighted by atomic mass is 19.1. The Hall–Kier alpha value is -1.42. The molecule has 1 aromatic carbocycles. The summed E-state index contributed by atoms with van der Waals surface area (Å²) in [5, 5.41) is 0. The van der Waals surface area contributed by atoms with Gasteiger partial charge in [-0.05, 0) is 50.6 Å². The van der Waals surface area contributed by atoms with Gasteiger partial charge in [0.1, 0.15) is 11.3 Å². The number of halogens is 1. The van der Waals surface area contributed by atoms with E-state index in [1.807, 2.05) is 24.6 Å². The summed E-state index contributed by atoms with van der Waals surface area (Å²) < 4.78 is 15.9. The van der Waals surface area contributed by atoms with Crippen LogP contribution in [0.4, 0.5) is 4.39 Å². The summed E-state index contributed by atoms with van der Waals surface area (Å²) in [6, 6.07) is 3.55. The molecule has 18 heavy (non-hydrogen) atoms. The molecular weight excluding hydrogens is 229 g/mol. The minimum Gasteiger partial charge on any atom is -0.330 e. The number of likely N-dealkylation sites (tertiary alicyclic amines) is 1. The van der Waals surface area contributed by atoms with Gasteiger partial charge in [0.05, 0.1) is 12.1 Å². The second-order valence-corrected chi connectivity index (χ2v) is 5.18. The predicted octanol–water partition coefficient (Wildman–Crippen LogP) is 2.62. The van der Waals surface area contributed by atoms with E-state index in [1.54, 1.807) is 6.07 Å². The van der Waals surface area contributed by atoms with E-state index in [1.165, 1.54) is 12.8 Å². The van der Waals surface area contributed by atoms with Crippen molar-refractivity contribution in [1.82, 2.24) is 14.5 Å². The van der Waals surface area contributed by atoms with Crippen LogP contribution >= 0.6 is 0 Å². The number of hydrogen-bond acceptors (Lipinski definition) is 2. The maximum absolute atomic E-state index is 13.9. The molecule has 2 aromatic rings. The number of aromatic nitrogens is 2. The average Bonchev–Trinajstić information content (AvgIpc) is 2.91. The van der Waals surface area contributed by atoms with E-state index in [4.69, 9.17) is 0 Å². The van der Waals surface area contributed by atoms with Crippen molar-refractivity contribution in [3.05, 3.63) is 29.3 Å². The molecule has 0 bridgehead atoms. The maximum Gasteiger partial charge on any atom is 0.151 e. The number of rotatable bonds is 2. The van der Waals surface area contributed by atoms with Gasteiger partial charge in [-0.15, -0.1) is 0 Å². The van der Waals surface area contributed by atoms with Crippen LogP contribution in [0.1, 0.15) is 24.2 Å². The number of imidazole rings is 1. The zero-order chi connectivity index (χ0) is 12.7. The van der Waals surface area contributed by atoms with E-state index in [9.17, 15) is 4.39 Å². The fourth-order valence-electron chi connectivity index (χ4n) is 2.71. The van der Waals surface area contributed by atoms with Crippen LogP contribution in [0.25, 0.3) is 11.0 Å². The largest absolute Gasteiger partial charge is 0.330 e. The maximum atomic E-state index is 13.9. The number of nitrogens with zero attached hydrogens (tertiary/aromatic N) is 3. The molecule has 0 amide bonds. The van der Waals surface area contributed by atoms with Crippen molar-refractivity contribution in [3.63, 3.8) is 0 Å². The van der Waals surface area contributed by atoms with Crippen LogP contribution in [0, 0.1) is 12.7 Å². The SMILES string of the molecule is Cc1cc(F)c2nc(CN3CCCC3)n(C)c2c1. The van der Waals surface area contributed by atoms with Gasteiger partial charge < -0.3 is 4.57 Å². The van der Waals surface area contributed by atoms with Gasteiger partial charge in [-0.25, -0.2) is 9.37 Å². The molecule has 0 atom stereocenters. The quantitative estimate of drug-likeness (QED) is 0.813. The average molecular weight is 247 g/mol. The summed E-state index contributed by atoms with van der Waals surface area (Å²) in [6.07, 6.45) is 2.52. The van der Waals surface area contributed by atoms with Crippen LogP contribution in [0.15, 0.2) is 12.1 Å². The zero-order valence-electron chi connectivity index (χ0n) is 10.9. The Balaban J connectivity index is 2.02. The van der Waals surface area contributed by atoms with Crippen molar-refractivity contribution in [2.45, 2.75) is 26.3 Å². The molecule has 1 fully saturated rings. The van der Waals surface area contributed by atoms with Gasteiger partial charge in [0.25, 0.3) is 0 Å². The predicted molar refractivity (Wildman–Crippen MR) is 69.9 cm³/mol. The van der Waals surface area contributed by atoms with Crippen molar-refractivity contribution < 1.29 is 4.39 Å². The standard InChI is InChI=1S/C14H18FN3/c1-10-7-11(15)14-12(8-10)17(2)13(16-14)9-18-5-3-4-6-18/h7-8H,3-6,9H2,1-2H3. The zero-order valence-corrected chi connectivity index (χ0v) is 10.9. The van der Waals surface area contributed by atoms with E-state index in [2.05, 4.69) is 9.88 Å². The smallest absolute Gasteiger partial charge is 0.151 e. The molecule has 3 rings (SSSR count). The molecule has 3 nitrogen and oxygen atoms in total. The van der Waals surface area contributed by atoms with Crippen LogP contribution in [-0.4, -0.2) is 27.5 Å². The van der Waals surface area contributed by atoms with E-state index in [0.717, 1.165) is 36.5 Å². The summed E-state index contributed by atoms with van der Waals surface area (Å²) in [5.41, 5.74) is 2.33. The molecule has 0 unspecified atom stereocenters. The van der Waals surface area contributed by atoms with E-state index in [0.29, 0.717) is 5.52 Å². The molecule has 2 heterocycles. The van der Waals surface area contributed by atoms with E-state index >= 15 is 0 Å². The van der Waals surface area contributed by atoms with Gasteiger partial charge in [0, 0.05) is 7.05 Å². The molecule has 0 N–H and O–H groups in total. The Morgan fingerprint density at radius 1 is 1.28 bits per heavy atom. The molecule has 0 spiro atoms. The monoisotopic (exact) mass is 247 g/mol. The second-order valence-electron chi connectivity index (χ2n) is 5.18. The molecule has 1 aliphatic heterocycles. The highest BCUT2D eigenvalue weighted by molar-refractivity contribution is 5.77. The first-order valence-corrected chi connectivity index (χ1v) is 6.49. The lowest BCUT2D eigenvalue weighted by atomic mass is 10.2. The Bertz CT molecular complexity index is 582. The van der Waals surface area contributed by atoms with E-state index in [-0.39, 0.29) is 5.82 Å². The molecule has 0 aliphatic carbocycles. The molecular formula is C14H18FN3. The molecule has 1 aromatic heterocycles. The number of benzene rings is 1. The summed E-state index contributed by atoms with van der Waals surface area (Å²) in [4.78, 5) is 6.84. The summed E-state index contributed by atoms with van der Waals surface area (Å²) >= 11 is 0. The first-order valence-electron chi connectivity index (χ1n) is 6.49. The first kappa shape index (κ1) is 11.7. The Morgan fingerprint density at radius 2 is 2.00 bits per heavy atom. The van der Waals surface area contributed by atoms with Crippen molar-refractivity contribution in [2.24, 2.45) is 7.05 Å². The molecule has 96 valence electrons. The minimum atomic E-state index is -0.215. The van der Waals surface area contributed by atoms with Crippen LogP contribution in [0.5, 0.6) is 0 Å². The summed E-state index contributed by atoms with van der Waals surface area (Å²) in [6.45, 7) is 4.99. The molecule has 4 heteroatoms. The number of fused-ring (bicyclic) bond motifs is 1. The molecule has 1 aliphatic rings. The van der Waals surface area contributed by atoms with Gasteiger partial charge >= 0.3 is 0 Å². The Kier molecular flexibility index (Phi) is 2.82. The van der Waals surface area contributed by atoms with Crippen molar-refractivity contribution in [2.75, 3.05) is 13.1 Å². The van der Waals surface area contributed by atoms with Crippen molar-refractivity contribution in [1.29, 1.82) is 0 Å². The number of aryl methyl sites for hydroxylation is 2. The van der Waals surface area contributed by atoms with Gasteiger partial charge in [-0.1, -0.05) is 0 Å². The third-order valence-electron chi connectivity index (χ3n) is 3.74. The van der Waals surface area contributed by atoms with Crippen LogP contribution < -0.4 is 0 Å². The normalized spacial score (nSPS) is 16.8. The van der Waals surface area contributed by atoms with Crippen molar-refractivity contribution >= 4 is 11.0 Å². The second kappa shape index (κ2) is 4.35. The van der Waals surface area contributed by atoms with Crippen LogP contribution in [0.3, 0.4) is 0 Å². The lowest BCUT2D eigenvalue weighted by Crippen LogP contribution is -2.20. The van der Waals surface area contributed by atoms with Crippen molar-refractivity contribution in [3.8, 4) is 0 Å². The Labute approximate surface area is 106 Å². The topological polar surface area (TPSA) is 21.1 Å². The molecule has 0 radical (unpaired) electrons. The van der Waals surface area contributed by atoms with Gasteiger partial charge in [0.2, 0.25) is 0 Å². The lowest BCUT2D eigenvalue weighted by molar-refractivity contribution is 0.319. The molecule has 1 saturated heterocycles. The highest BCUT2D eigenvalue weighted by Gasteiger charge is 2.17. The highest BCUT2D eigenvalue weighted by Crippen LogP contribution is 2.21. The van der Waals surface area contributed by atoms with Gasteiger partial charge in [-0.2, -0.15) is 0 Å². The first-order chi connectivity index (χ1) is 8.65. The third-order valence-corrected chi connectivity index (χ3v) is 3.74. The molecule has 0 saturated carbocycles. The van der Waals surface area contributed by atoms with Crippen LogP contribution in [-0.2, 0) is 13.6 Å². The minimum absolute atomic E-state index is 0.215. The van der Waals surface area contributed by atoms with Crippen LogP contribution in [0.2, 0.25) is 0 Å². The number of hydrogen-bond donors (Lipinski definition) is 0. The third kappa shape index (κ3) is 1.90. The Morgan fingerprint density at radius 3 is 2.72 bits per heavy atom. The fourth-order valence-corrected chi connectivity index (χ4v) is 2.71. The lowest BCUT2D eigenvalue weighted by Gasteiger charge is -2.13. The van der Waals surface area contributed by atoms with Gasteiger partial charge in [-0.3, -0.25) is 4.90 Å². The summed E-state index contributed by atoms with van der Waals surface area (Å²) in [7, 11) is 1.97. The fraction of sp³-hybridized carbons (Fsp3) is 0.500. The van der Waals surface area contributed by atoms with E-state index < -0.39 is 0 Å². The summed E-state index contributed by atoms with van der Waals surface area (Å²) in [5.74, 6) is 0.740. The van der Waals surface area contributed by atoms with Gasteiger partial charge in [0.15, 0.2) is 5.82 Å².